The molecule has 1 N–H and O–H groups in total. The van der Waals surface area contributed by atoms with Crippen molar-refractivity contribution in [1.29, 1.82) is 0 Å². The standard InChI is InChI=1S/C17H20N2O4S/c1-19(24(2,21)22)16-10-8-14(9-11-16)12-18-17(20)23-13-15-6-4-3-5-7-15/h3-11H,12-13H2,1-2H3,(H,18,20). The summed E-state index contributed by atoms with van der Waals surface area (Å²) in [6, 6.07) is 16.3. The minimum atomic E-state index is -3.28. The maximum absolute atomic E-state index is 11.7. The van der Waals surface area contributed by atoms with Crippen molar-refractivity contribution in [2.24, 2.45) is 0 Å². The predicted molar refractivity (Wildman–Crippen MR) is 93.2 cm³/mol. The van der Waals surface area contributed by atoms with E-state index in [1.165, 1.54) is 11.4 Å². The fourth-order valence-electron chi connectivity index (χ4n) is 1.96. The number of nitrogens with one attached hydrogen (secondary N) is 1. The second-order valence-electron chi connectivity index (χ2n) is 5.31. The van der Waals surface area contributed by atoms with E-state index >= 15 is 0 Å². The highest BCUT2D eigenvalue weighted by Crippen LogP contribution is 2.16. The van der Waals surface area contributed by atoms with Gasteiger partial charge in [-0.25, -0.2) is 13.2 Å². The van der Waals surface area contributed by atoms with Crippen LogP contribution >= 0.6 is 0 Å². The molecule has 0 radical (unpaired) electrons. The molecule has 0 saturated carbocycles. The van der Waals surface area contributed by atoms with E-state index in [-0.39, 0.29) is 6.61 Å². The summed E-state index contributed by atoms with van der Waals surface area (Å²) in [6.45, 7) is 0.515. The molecule has 0 spiro atoms. The van der Waals surface area contributed by atoms with Crippen LogP contribution in [0.4, 0.5) is 10.5 Å². The van der Waals surface area contributed by atoms with Gasteiger partial charge in [0, 0.05) is 13.6 Å². The molecule has 0 saturated heterocycles. The largest absolute Gasteiger partial charge is 0.445 e. The normalized spacial score (nSPS) is 10.9. The molecule has 0 fully saturated rings. The van der Waals surface area contributed by atoms with Gasteiger partial charge in [-0.15, -0.1) is 0 Å². The number of rotatable bonds is 6. The van der Waals surface area contributed by atoms with Crippen LogP contribution in [0.3, 0.4) is 0 Å². The Morgan fingerprint density at radius 3 is 2.25 bits per heavy atom. The lowest BCUT2D eigenvalue weighted by molar-refractivity contribution is 0.139. The molecular formula is C17H20N2O4S. The zero-order valence-corrected chi connectivity index (χ0v) is 14.4. The lowest BCUT2D eigenvalue weighted by atomic mass is 10.2. The first kappa shape index (κ1) is 17.8. The van der Waals surface area contributed by atoms with Crippen molar-refractivity contribution >= 4 is 21.8 Å². The smallest absolute Gasteiger partial charge is 0.407 e. The Kier molecular flexibility index (Phi) is 5.81. The Morgan fingerprint density at radius 2 is 1.67 bits per heavy atom. The van der Waals surface area contributed by atoms with Gasteiger partial charge in [0.2, 0.25) is 10.0 Å². The second-order valence-corrected chi connectivity index (χ2v) is 7.33. The number of alkyl carbamates (subject to hydrolysis) is 1. The molecule has 128 valence electrons. The van der Waals surface area contributed by atoms with Gasteiger partial charge >= 0.3 is 6.09 Å². The van der Waals surface area contributed by atoms with Crippen LogP contribution in [0.1, 0.15) is 11.1 Å². The average Bonchev–Trinajstić information content (AvgIpc) is 2.58. The molecule has 0 atom stereocenters. The van der Waals surface area contributed by atoms with Crippen molar-refractivity contribution in [3.05, 3.63) is 65.7 Å². The van der Waals surface area contributed by atoms with Gasteiger partial charge in [0.25, 0.3) is 0 Å². The molecule has 0 aliphatic heterocycles. The molecule has 0 heterocycles. The first-order chi connectivity index (χ1) is 11.4. The van der Waals surface area contributed by atoms with Crippen LogP contribution in [-0.4, -0.2) is 27.8 Å². The van der Waals surface area contributed by atoms with Crippen molar-refractivity contribution in [3.63, 3.8) is 0 Å². The molecule has 0 unspecified atom stereocenters. The topological polar surface area (TPSA) is 75.7 Å². The number of nitrogens with zero attached hydrogens (tertiary/aromatic N) is 1. The Labute approximate surface area is 142 Å². The monoisotopic (exact) mass is 348 g/mol. The summed E-state index contributed by atoms with van der Waals surface area (Å²) in [7, 11) is -1.79. The molecule has 24 heavy (non-hydrogen) atoms. The van der Waals surface area contributed by atoms with Gasteiger partial charge in [-0.3, -0.25) is 4.31 Å². The number of anilines is 1. The van der Waals surface area contributed by atoms with Gasteiger partial charge in [0.05, 0.1) is 11.9 Å². The van der Waals surface area contributed by atoms with Gasteiger partial charge in [0.1, 0.15) is 6.61 Å². The van der Waals surface area contributed by atoms with Crippen LogP contribution in [0.25, 0.3) is 0 Å². The SMILES string of the molecule is CN(c1ccc(CNC(=O)OCc2ccccc2)cc1)S(C)(=O)=O. The van der Waals surface area contributed by atoms with E-state index < -0.39 is 16.1 Å². The summed E-state index contributed by atoms with van der Waals surface area (Å²) in [5.41, 5.74) is 2.33. The van der Waals surface area contributed by atoms with Crippen LogP contribution in [-0.2, 0) is 27.9 Å². The van der Waals surface area contributed by atoms with E-state index in [4.69, 9.17) is 4.74 Å². The Balaban J connectivity index is 1.83. The van der Waals surface area contributed by atoms with Gasteiger partial charge < -0.3 is 10.1 Å². The number of benzene rings is 2. The highest BCUT2D eigenvalue weighted by Gasteiger charge is 2.11. The van der Waals surface area contributed by atoms with Crippen LogP contribution in [0, 0.1) is 0 Å². The minimum absolute atomic E-state index is 0.213. The van der Waals surface area contributed by atoms with Crippen molar-refractivity contribution in [2.45, 2.75) is 13.2 Å². The second kappa shape index (κ2) is 7.83. The van der Waals surface area contributed by atoms with Gasteiger partial charge in [0.15, 0.2) is 0 Å². The molecule has 6 nitrogen and oxygen atoms in total. The zero-order valence-electron chi connectivity index (χ0n) is 13.6. The number of carbonyl (C=O) groups excluding carboxylic acids is 1. The first-order valence-electron chi connectivity index (χ1n) is 7.33. The van der Waals surface area contributed by atoms with E-state index in [0.29, 0.717) is 12.2 Å². The number of hydrogen-bond donors (Lipinski definition) is 1. The molecule has 7 heteroatoms. The molecule has 2 aromatic carbocycles. The number of hydrogen-bond acceptors (Lipinski definition) is 4. The van der Waals surface area contributed by atoms with Crippen molar-refractivity contribution < 1.29 is 17.9 Å². The van der Waals surface area contributed by atoms with Crippen LogP contribution < -0.4 is 9.62 Å². The quantitative estimate of drug-likeness (QED) is 0.870. The summed E-state index contributed by atoms with van der Waals surface area (Å²) < 4.78 is 29.3. The maximum atomic E-state index is 11.7. The molecule has 0 aliphatic rings. The summed E-state index contributed by atoms with van der Waals surface area (Å²) >= 11 is 0. The van der Waals surface area contributed by atoms with Crippen molar-refractivity contribution in [1.82, 2.24) is 5.32 Å². The third kappa shape index (κ3) is 5.27. The Bertz CT molecular complexity index is 774. The van der Waals surface area contributed by atoms with Crippen molar-refractivity contribution in [2.75, 3.05) is 17.6 Å². The van der Waals surface area contributed by atoms with E-state index in [2.05, 4.69) is 5.32 Å². The Morgan fingerprint density at radius 1 is 1.04 bits per heavy atom. The predicted octanol–water partition coefficient (Wildman–Crippen LogP) is 2.51. The number of amides is 1. The Hall–Kier alpha value is -2.54. The molecule has 0 aliphatic carbocycles. The highest BCUT2D eigenvalue weighted by atomic mass is 32.2. The molecule has 0 aromatic heterocycles. The summed E-state index contributed by atoms with van der Waals surface area (Å²) in [5, 5.41) is 2.66. The average molecular weight is 348 g/mol. The third-order valence-corrected chi connectivity index (χ3v) is 4.65. The van der Waals surface area contributed by atoms with E-state index in [9.17, 15) is 13.2 Å². The summed E-state index contributed by atoms with van der Waals surface area (Å²) in [4.78, 5) is 11.7. The maximum Gasteiger partial charge on any atom is 0.407 e. The first-order valence-corrected chi connectivity index (χ1v) is 9.18. The third-order valence-electron chi connectivity index (χ3n) is 3.45. The van der Waals surface area contributed by atoms with Gasteiger partial charge in [-0.2, -0.15) is 0 Å². The number of sulfonamides is 1. The lowest BCUT2D eigenvalue weighted by Crippen LogP contribution is -2.25. The molecule has 2 rings (SSSR count). The molecule has 1 amide bonds. The summed E-state index contributed by atoms with van der Waals surface area (Å²) in [6.07, 6.45) is 0.641. The van der Waals surface area contributed by atoms with E-state index in [1.807, 2.05) is 30.3 Å². The van der Waals surface area contributed by atoms with Gasteiger partial charge in [-0.1, -0.05) is 42.5 Å². The molecule has 0 bridgehead atoms. The van der Waals surface area contributed by atoms with Crippen LogP contribution in [0.15, 0.2) is 54.6 Å². The molecule has 2 aromatic rings. The van der Waals surface area contributed by atoms with E-state index in [1.54, 1.807) is 24.3 Å². The minimum Gasteiger partial charge on any atom is -0.445 e. The number of ether oxygens (including phenoxy) is 1. The summed E-state index contributed by atoms with van der Waals surface area (Å²) in [5.74, 6) is 0. The fourth-order valence-corrected chi connectivity index (χ4v) is 2.47. The lowest BCUT2D eigenvalue weighted by Gasteiger charge is -2.16. The highest BCUT2D eigenvalue weighted by molar-refractivity contribution is 7.92. The van der Waals surface area contributed by atoms with Crippen LogP contribution in [0.2, 0.25) is 0 Å². The fraction of sp³-hybridized carbons (Fsp3) is 0.235. The molecular weight excluding hydrogens is 328 g/mol. The van der Waals surface area contributed by atoms with Crippen LogP contribution in [0.5, 0.6) is 0 Å². The van der Waals surface area contributed by atoms with Crippen molar-refractivity contribution in [3.8, 4) is 0 Å². The zero-order chi connectivity index (χ0) is 17.6. The number of carbonyl (C=O) groups is 1. The van der Waals surface area contributed by atoms with E-state index in [0.717, 1.165) is 17.4 Å². The van der Waals surface area contributed by atoms with Gasteiger partial charge in [-0.05, 0) is 23.3 Å².